The summed E-state index contributed by atoms with van der Waals surface area (Å²) in [5, 5.41) is 10.5. The van der Waals surface area contributed by atoms with E-state index in [1.165, 1.54) is 6.20 Å². The van der Waals surface area contributed by atoms with Crippen LogP contribution in [0.3, 0.4) is 0 Å². The Balaban J connectivity index is 2.45. The average molecular weight is 168 g/mol. The molecule has 0 fully saturated rings. The molecule has 0 atom stereocenters. The van der Waals surface area contributed by atoms with Crippen molar-refractivity contribution in [3.63, 3.8) is 0 Å². The summed E-state index contributed by atoms with van der Waals surface area (Å²) in [4.78, 5) is 23.8. The van der Waals surface area contributed by atoms with Crippen molar-refractivity contribution in [2.75, 3.05) is 6.54 Å². The van der Waals surface area contributed by atoms with E-state index in [1.54, 1.807) is 12.3 Å². The van der Waals surface area contributed by atoms with Gasteiger partial charge in [0.05, 0.1) is 5.56 Å². The highest BCUT2D eigenvalue weighted by atomic mass is 16.4. The quantitative estimate of drug-likeness (QED) is 0.586. The number of carbonyl (C=O) groups is 2. The minimum atomic E-state index is -1.06. The lowest BCUT2D eigenvalue weighted by Gasteiger charge is -1.97. The summed E-state index contributed by atoms with van der Waals surface area (Å²) in [6.45, 7) is -0.357. The van der Waals surface area contributed by atoms with Crippen LogP contribution in [0.1, 0.15) is 10.4 Å². The molecule has 1 aromatic rings. The molecule has 0 spiro atoms. The van der Waals surface area contributed by atoms with Crippen LogP contribution in [0.25, 0.3) is 0 Å². The fraction of sp³-hybridized carbons (Fsp3) is 0.143. The third kappa shape index (κ3) is 2.12. The van der Waals surface area contributed by atoms with Crippen LogP contribution in [0.4, 0.5) is 0 Å². The molecule has 1 heterocycles. The Kier molecular flexibility index (Phi) is 2.47. The first-order valence-corrected chi connectivity index (χ1v) is 3.33. The standard InChI is InChI=1S/C7H8N2O3/c10-6(11)4-9-7(12)5-1-2-8-3-5/h1-3,8H,4H2,(H,9,12)(H,10,11). The molecule has 0 aliphatic rings. The van der Waals surface area contributed by atoms with Crippen molar-refractivity contribution in [2.24, 2.45) is 0 Å². The topological polar surface area (TPSA) is 82.2 Å². The Labute approximate surface area is 68.4 Å². The van der Waals surface area contributed by atoms with Crippen LogP contribution in [0, 0.1) is 0 Å². The molecule has 64 valence electrons. The number of carboxylic acids is 1. The minimum Gasteiger partial charge on any atom is -0.480 e. The van der Waals surface area contributed by atoms with Gasteiger partial charge < -0.3 is 15.4 Å². The predicted molar refractivity (Wildman–Crippen MR) is 40.8 cm³/mol. The molecule has 5 nitrogen and oxygen atoms in total. The van der Waals surface area contributed by atoms with Crippen molar-refractivity contribution in [3.05, 3.63) is 24.0 Å². The highest BCUT2D eigenvalue weighted by Gasteiger charge is 2.05. The van der Waals surface area contributed by atoms with Crippen molar-refractivity contribution >= 4 is 11.9 Å². The molecule has 12 heavy (non-hydrogen) atoms. The number of carboxylic acid groups (broad SMARTS) is 1. The first kappa shape index (κ1) is 8.32. The molecule has 1 aromatic heterocycles. The zero-order chi connectivity index (χ0) is 8.97. The second-order valence-corrected chi connectivity index (χ2v) is 2.18. The van der Waals surface area contributed by atoms with Gasteiger partial charge in [0.15, 0.2) is 0 Å². The lowest BCUT2D eigenvalue weighted by atomic mass is 10.3. The smallest absolute Gasteiger partial charge is 0.322 e. The monoisotopic (exact) mass is 168 g/mol. The molecule has 0 saturated heterocycles. The SMILES string of the molecule is O=C(O)CNC(=O)c1cc[nH]c1. The van der Waals surface area contributed by atoms with Crippen LogP contribution >= 0.6 is 0 Å². The van der Waals surface area contributed by atoms with Gasteiger partial charge in [-0.2, -0.15) is 0 Å². The molecule has 0 bridgehead atoms. The van der Waals surface area contributed by atoms with E-state index in [0.717, 1.165) is 0 Å². The molecule has 5 heteroatoms. The van der Waals surface area contributed by atoms with Crippen molar-refractivity contribution in [1.29, 1.82) is 0 Å². The Morgan fingerprint density at radius 1 is 1.58 bits per heavy atom. The molecule has 0 aromatic carbocycles. The average Bonchev–Trinajstić information content (AvgIpc) is 2.51. The van der Waals surface area contributed by atoms with Crippen LogP contribution in [-0.4, -0.2) is 28.5 Å². The Hall–Kier alpha value is -1.78. The number of aromatic amines is 1. The van der Waals surface area contributed by atoms with Gasteiger partial charge in [-0.3, -0.25) is 9.59 Å². The number of H-pyrrole nitrogens is 1. The highest BCUT2D eigenvalue weighted by Crippen LogP contribution is 1.94. The van der Waals surface area contributed by atoms with Gasteiger partial charge in [-0.1, -0.05) is 0 Å². The molecule has 0 radical (unpaired) electrons. The molecular formula is C7H8N2O3. The summed E-state index contributed by atoms with van der Waals surface area (Å²) in [6, 6.07) is 1.57. The first-order chi connectivity index (χ1) is 5.70. The fourth-order valence-electron chi connectivity index (χ4n) is 0.723. The van der Waals surface area contributed by atoms with Crippen molar-refractivity contribution in [2.45, 2.75) is 0 Å². The van der Waals surface area contributed by atoms with E-state index in [-0.39, 0.29) is 6.54 Å². The molecule has 0 saturated carbocycles. The second kappa shape index (κ2) is 3.56. The van der Waals surface area contributed by atoms with E-state index < -0.39 is 11.9 Å². The van der Waals surface area contributed by atoms with Crippen LogP contribution in [0.15, 0.2) is 18.5 Å². The summed E-state index contributed by atoms with van der Waals surface area (Å²) >= 11 is 0. The van der Waals surface area contributed by atoms with Gasteiger partial charge in [0.1, 0.15) is 6.54 Å². The maximum absolute atomic E-state index is 11.0. The fourth-order valence-corrected chi connectivity index (χ4v) is 0.723. The molecule has 0 unspecified atom stereocenters. The number of aromatic nitrogens is 1. The molecular weight excluding hydrogens is 160 g/mol. The maximum Gasteiger partial charge on any atom is 0.322 e. The zero-order valence-corrected chi connectivity index (χ0v) is 6.20. The van der Waals surface area contributed by atoms with Crippen LogP contribution in [0.5, 0.6) is 0 Å². The molecule has 0 aliphatic carbocycles. The number of rotatable bonds is 3. The molecule has 1 rings (SSSR count). The van der Waals surface area contributed by atoms with Crippen molar-refractivity contribution in [3.8, 4) is 0 Å². The van der Waals surface area contributed by atoms with E-state index in [4.69, 9.17) is 5.11 Å². The summed E-state index contributed by atoms with van der Waals surface area (Å²) < 4.78 is 0. The van der Waals surface area contributed by atoms with E-state index >= 15 is 0 Å². The predicted octanol–water partition coefficient (Wildman–Crippen LogP) is -0.171. The third-order valence-corrected chi connectivity index (χ3v) is 1.26. The van der Waals surface area contributed by atoms with Crippen LogP contribution < -0.4 is 5.32 Å². The molecule has 0 aliphatic heterocycles. The van der Waals surface area contributed by atoms with Gasteiger partial charge in [-0.15, -0.1) is 0 Å². The minimum absolute atomic E-state index is 0.357. The number of carbonyl (C=O) groups excluding carboxylic acids is 1. The number of amides is 1. The van der Waals surface area contributed by atoms with Crippen LogP contribution in [-0.2, 0) is 4.79 Å². The van der Waals surface area contributed by atoms with E-state index in [9.17, 15) is 9.59 Å². The number of hydrogen-bond donors (Lipinski definition) is 3. The normalized spacial score (nSPS) is 9.33. The Morgan fingerprint density at radius 3 is 2.83 bits per heavy atom. The van der Waals surface area contributed by atoms with E-state index in [2.05, 4.69) is 10.3 Å². The summed E-state index contributed by atoms with van der Waals surface area (Å²) in [7, 11) is 0. The van der Waals surface area contributed by atoms with Gasteiger partial charge in [0, 0.05) is 12.4 Å². The van der Waals surface area contributed by atoms with Gasteiger partial charge in [-0.05, 0) is 6.07 Å². The van der Waals surface area contributed by atoms with E-state index in [1.807, 2.05) is 0 Å². The van der Waals surface area contributed by atoms with Crippen molar-refractivity contribution < 1.29 is 14.7 Å². The lowest BCUT2D eigenvalue weighted by Crippen LogP contribution is -2.28. The van der Waals surface area contributed by atoms with Gasteiger partial charge in [0.2, 0.25) is 0 Å². The Bertz CT molecular complexity index is 279. The number of aliphatic carboxylic acids is 1. The summed E-state index contributed by atoms with van der Waals surface area (Å²) in [5.41, 5.74) is 0.427. The Morgan fingerprint density at radius 2 is 2.33 bits per heavy atom. The van der Waals surface area contributed by atoms with Gasteiger partial charge >= 0.3 is 5.97 Å². The highest BCUT2D eigenvalue weighted by molar-refractivity contribution is 5.95. The molecule has 1 amide bonds. The summed E-state index contributed by atoms with van der Waals surface area (Å²) in [5.74, 6) is -1.45. The second-order valence-electron chi connectivity index (χ2n) is 2.18. The summed E-state index contributed by atoms with van der Waals surface area (Å²) in [6.07, 6.45) is 3.09. The number of hydrogen-bond acceptors (Lipinski definition) is 2. The molecule has 3 N–H and O–H groups in total. The maximum atomic E-state index is 11.0. The third-order valence-electron chi connectivity index (χ3n) is 1.26. The van der Waals surface area contributed by atoms with Crippen molar-refractivity contribution in [1.82, 2.24) is 10.3 Å². The lowest BCUT2D eigenvalue weighted by molar-refractivity contribution is -0.135. The van der Waals surface area contributed by atoms with E-state index in [0.29, 0.717) is 5.56 Å². The largest absolute Gasteiger partial charge is 0.480 e. The van der Waals surface area contributed by atoms with Crippen LogP contribution in [0.2, 0.25) is 0 Å². The number of nitrogens with one attached hydrogen (secondary N) is 2. The van der Waals surface area contributed by atoms with Gasteiger partial charge in [-0.25, -0.2) is 0 Å². The first-order valence-electron chi connectivity index (χ1n) is 3.33. The zero-order valence-electron chi connectivity index (χ0n) is 6.20. The van der Waals surface area contributed by atoms with Gasteiger partial charge in [0.25, 0.3) is 5.91 Å².